The van der Waals surface area contributed by atoms with Crippen molar-refractivity contribution in [2.45, 2.75) is 25.5 Å². The fraction of sp³-hybridized carbons (Fsp3) is 0.318. The standard InChI is InChI=1S/C22H26N2O5.ClH/c1-13(10-14-4-6-15(28-2)7-5-14)23-12-20(26)16-8-9-19(25)21-17(16)11-18(24-21)22(27)29-3;/h4-9,11,13,20,23-26H,10,12H2,1-3H3;1H. The van der Waals surface area contributed by atoms with Gasteiger partial charge in [-0.1, -0.05) is 18.2 Å². The van der Waals surface area contributed by atoms with Gasteiger partial charge in [0.2, 0.25) is 0 Å². The molecule has 0 aliphatic heterocycles. The molecule has 0 radical (unpaired) electrons. The largest absolute Gasteiger partial charge is 0.506 e. The molecular weight excluding hydrogens is 408 g/mol. The highest BCUT2D eigenvalue weighted by atomic mass is 35.5. The number of aromatic hydroxyl groups is 1. The van der Waals surface area contributed by atoms with Crippen molar-refractivity contribution < 1.29 is 24.5 Å². The summed E-state index contributed by atoms with van der Waals surface area (Å²) in [5.74, 6) is 0.290. The van der Waals surface area contributed by atoms with E-state index in [0.717, 1.165) is 12.2 Å². The predicted molar refractivity (Wildman–Crippen MR) is 118 cm³/mol. The van der Waals surface area contributed by atoms with Crippen molar-refractivity contribution in [1.29, 1.82) is 0 Å². The molecule has 3 rings (SSSR count). The summed E-state index contributed by atoms with van der Waals surface area (Å²) in [5.41, 5.74) is 2.40. The molecule has 2 aromatic carbocycles. The van der Waals surface area contributed by atoms with Crippen molar-refractivity contribution in [3.8, 4) is 11.5 Å². The summed E-state index contributed by atoms with van der Waals surface area (Å²) in [7, 11) is 2.93. The van der Waals surface area contributed by atoms with Crippen LogP contribution >= 0.6 is 12.4 Å². The van der Waals surface area contributed by atoms with Crippen molar-refractivity contribution >= 4 is 29.3 Å². The van der Waals surface area contributed by atoms with E-state index >= 15 is 0 Å². The Morgan fingerprint density at radius 2 is 1.87 bits per heavy atom. The van der Waals surface area contributed by atoms with Gasteiger partial charge < -0.3 is 30.0 Å². The van der Waals surface area contributed by atoms with Crippen molar-refractivity contribution in [1.82, 2.24) is 10.3 Å². The van der Waals surface area contributed by atoms with Crippen LogP contribution in [0.2, 0.25) is 0 Å². The fourth-order valence-corrected chi connectivity index (χ4v) is 3.35. The molecule has 7 nitrogen and oxygen atoms in total. The first-order valence-corrected chi connectivity index (χ1v) is 9.40. The number of benzene rings is 2. The molecule has 2 atom stereocenters. The van der Waals surface area contributed by atoms with Crippen LogP contribution in [0.25, 0.3) is 10.9 Å². The fourth-order valence-electron chi connectivity index (χ4n) is 3.35. The van der Waals surface area contributed by atoms with Crippen LogP contribution in [-0.2, 0) is 11.2 Å². The summed E-state index contributed by atoms with van der Waals surface area (Å²) < 4.78 is 9.89. The third-order valence-corrected chi connectivity index (χ3v) is 4.93. The molecule has 8 heteroatoms. The van der Waals surface area contributed by atoms with Crippen LogP contribution < -0.4 is 10.1 Å². The lowest BCUT2D eigenvalue weighted by Crippen LogP contribution is -2.32. The van der Waals surface area contributed by atoms with Gasteiger partial charge in [-0.05, 0) is 48.7 Å². The molecule has 0 aliphatic rings. The number of halogens is 1. The average Bonchev–Trinajstić information content (AvgIpc) is 3.18. The maximum absolute atomic E-state index is 11.8. The second-order valence-corrected chi connectivity index (χ2v) is 7.01. The molecule has 3 aromatic rings. The minimum Gasteiger partial charge on any atom is -0.506 e. The highest BCUT2D eigenvalue weighted by Gasteiger charge is 2.19. The van der Waals surface area contributed by atoms with E-state index in [1.54, 1.807) is 19.2 Å². The van der Waals surface area contributed by atoms with Crippen molar-refractivity contribution in [3.05, 3.63) is 59.3 Å². The van der Waals surface area contributed by atoms with Crippen LogP contribution in [0.5, 0.6) is 11.5 Å². The number of rotatable bonds is 8. The normalized spacial score (nSPS) is 12.8. The Balaban J connectivity index is 0.00000320. The number of methoxy groups -OCH3 is 2. The number of carbonyl (C=O) groups excluding carboxylic acids is 1. The zero-order chi connectivity index (χ0) is 21.0. The van der Waals surface area contributed by atoms with Gasteiger partial charge in [0.15, 0.2) is 0 Å². The number of phenols is 1. The number of aliphatic hydroxyl groups is 1. The van der Waals surface area contributed by atoms with Crippen molar-refractivity contribution in [2.24, 2.45) is 0 Å². The Hall–Kier alpha value is -2.74. The number of carbonyl (C=O) groups is 1. The van der Waals surface area contributed by atoms with E-state index in [-0.39, 0.29) is 29.9 Å². The molecule has 162 valence electrons. The summed E-state index contributed by atoms with van der Waals surface area (Å²) in [6, 6.07) is 12.8. The Morgan fingerprint density at radius 1 is 1.17 bits per heavy atom. The Kier molecular flexibility index (Phi) is 8.11. The number of hydrogen-bond acceptors (Lipinski definition) is 6. The third-order valence-electron chi connectivity index (χ3n) is 4.93. The van der Waals surface area contributed by atoms with E-state index in [0.29, 0.717) is 23.0 Å². The van der Waals surface area contributed by atoms with Gasteiger partial charge in [0, 0.05) is 18.0 Å². The molecule has 1 aromatic heterocycles. The smallest absolute Gasteiger partial charge is 0.354 e. The molecule has 0 saturated heterocycles. The Bertz CT molecular complexity index is 987. The Morgan fingerprint density at radius 3 is 2.50 bits per heavy atom. The van der Waals surface area contributed by atoms with E-state index in [1.807, 2.05) is 24.3 Å². The Labute approximate surface area is 181 Å². The van der Waals surface area contributed by atoms with E-state index in [1.165, 1.54) is 18.7 Å². The third kappa shape index (κ3) is 5.24. The molecule has 0 aliphatic carbocycles. The van der Waals surface area contributed by atoms with Gasteiger partial charge in [-0.15, -0.1) is 12.4 Å². The first kappa shape index (κ1) is 23.5. The van der Waals surface area contributed by atoms with Crippen molar-refractivity contribution in [3.63, 3.8) is 0 Å². The quantitative estimate of drug-likeness (QED) is 0.405. The number of aromatic amines is 1. The summed E-state index contributed by atoms with van der Waals surface area (Å²) in [5, 5.41) is 24.7. The maximum atomic E-state index is 11.8. The van der Waals surface area contributed by atoms with Gasteiger partial charge in [0.05, 0.1) is 25.8 Å². The SMILES string of the molecule is COC(=O)c1cc2c(C(O)CNC(C)Cc3ccc(OC)cc3)ccc(O)c2[nH]1.Cl. The lowest BCUT2D eigenvalue weighted by Gasteiger charge is -2.18. The number of nitrogens with one attached hydrogen (secondary N) is 2. The van der Waals surface area contributed by atoms with Crippen molar-refractivity contribution in [2.75, 3.05) is 20.8 Å². The maximum Gasteiger partial charge on any atom is 0.354 e. The van der Waals surface area contributed by atoms with E-state index in [9.17, 15) is 15.0 Å². The van der Waals surface area contributed by atoms with E-state index in [2.05, 4.69) is 17.2 Å². The topological polar surface area (TPSA) is 104 Å². The molecule has 0 saturated carbocycles. The van der Waals surface area contributed by atoms with E-state index < -0.39 is 12.1 Å². The van der Waals surface area contributed by atoms with Crippen LogP contribution in [0, 0.1) is 0 Å². The zero-order valence-corrected chi connectivity index (χ0v) is 18.0. The summed E-state index contributed by atoms with van der Waals surface area (Å²) >= 11 is 0. The number of H-pyrrole nitrogens is 1. The van der Waals surface area contributed by atoms with Gasteiger partial charge in [-0.3, -0.25) is 0 Å². The number of fused-ring (bicyclic) bond motifs is 1. The molecule has 4 N–H and O–H groups in total. The molecule has 1 heterocycles. The zero-order valence-electron chi connectivity index (χ0n) is 17.1. The van der Waals surface area contributed by atoms with Gasteiger partial charge in [0.1, 0.15) is 17.2 Å². The number of ether oxygens (including phenoxy) is 2. The summed E-state index contributed by atoms with van der Waals surface area (Å²) in [6.45, 7) is 2.38. The molecular formula is C22H27ClN2O5. The lowest BCUT2D eigenvalue weighted by atomic mass is 10.0. The van der Waals surface area contributed by atoms with Crippen LogP contribution in [0.3, 0.4) is 0 Å². The first-order valence-electron chi connectivity index (χ1n) is 9.40. The monoisotopic (exact) mass is 434 g/mol. The molecule has 0 spiro atoms. The van der Waals surface area contributed by atoms with Crippen LogP contribution in [0.15, 0.2) is 42.5 Å². The van der Waals surface area contributed by atoms with Gasteiger partial charge >= 0.3 is 5.97 Å². The summed E-state index contributed by atoms with van der Waals surface area (Å²) in [4.78, 5) is 14.6. The van der Waals surface area contributed by atoms with Crippen LogP contribution in [-0.4, -0.2) is 48.0 Å². The average molecular weight is 435 g/mol. The number of phenolic OH excluding ortho intramolecular Hbond substituents is 1. The molecule has 0 amide bonds. The highest BCUT2D eigenvalue weighted by molar-refractivity contribution is 5.98. The lowest BCUT2D eigenvalue weighted by molar-refractivity contribution is 0.0595. The number of aromatic nitrogens is 1. The highest BCUT2D eigenvalue weighted by Crippen LogP contribution is 2.31. The second kappa shape index (κ2) is 10.3. The van der Waals surface area contributed by atoms with Crippen LogP contribution in [0.4, 0.5) is 0 Å². The minimum absolute atomic E-state index is 0. The molecule has 30 heavy (non-hydrogen) atoms. The molecule has 0 fully saturated rings. The van der Waals surface area contributed by atoms with Gasteiger partial charge in [0.25, 0.3) is 0 Å². The number of esters is 1. The van der Waals surface area contributed by atoms with E-state index in [4.69, 9.17) is 9.47 Å². The second-order valence-electron chi connectivity index (χ2n) is 7.01. The molecule has 0 bridgehead atoms. The van der Waals surface area contributed by atoms with Crippen LogP contribution in [0.1, 0.15) is 34.6 Å². The van der Waals surface area contributed by atoms with Gasteiger partial charge in [-0.25, -0.2) is 4.79 Å². The first-order chi connectivity index (χ1) is 13.9. The number of hydrogen-bond donors (Lipinski definition) is 4. The number of aliphatic hydroxyl groups excluding tert-OH is 1. The van der Waals surface area contributed by atoms with Gasteiger partial charge in [-0.2, -0.15) is 0 Å². The minimum atomic E-state index is -0.808. The molecule has 2 unspecified atom stereocenters. The predicted octanol–water partition coefficient (Wildman–Crippen LogP) is 3.34. The summed E-state index contributed by atoms with van der Waals surface area (Å²) in [6.07, 6.45) is -0.00376.